The first kappa shape index (κ1) is 14.5. The van der Waals surface area contributed by atoms with Crippen molar-refractivity contribution in [1.29, 1.82) is 0 Å². The number of hydrogen-bond acceptors (Lipinski definition) is 2. The van der Waals surface area contributed by atoms with Crippen LogP contribution < -0.4 is 5.32 Å². The molecule has 2 unspecified atom stereocenters. The third kappa shape index (κ3) is 3.11. The number of fused-ring (bicyclic) bond motifs is 1. The minimum atomic E-state index is 0.508. The summed E-state index contributed by atoms with van der Waals surface area (Å²) in [7, 11) is 0. The molecule has 112 valence electrons. The van der Waals surface area contributed by atoms with Crippen LogP contribution in [0.2, 0.25) is 0 Å². The number of nitrogens with one attached hydrogen (secondary N) is 1. The van der Waals surface area contributed by atoms with E-state index in [4.69, 9.17) is 0 Å². The summed E-state index contributed by atoms with van der Waals surface area (Å²) in [5, 5.41) is 5.09. The zero-order valence-corrected chi connectivity index (χ0v) is 13.4. The molecular weight excluding hydrogens is 256 g/mol. The van der Waals surface area contributed by atoms with E-state index in [1.54, 1.807) is 0 Å². The predicted octanol–water partition coefficient (Wildman–Crippen LogP) is 4.19. The molecule has 1 aromatic carbocycles. The summed E-state index contributed by atoms with van der Waals surface area (Å²) in [6, 6.07) is 11.3. The minimum absolute atomic E-state index is 0.508. The fourth-order valence-electron chi connectivity index (χ4n) is 3.45. The molecule has 1 aliphatic rings. The summed E-state index contributed by atoms with van der Waals surface area (Å²) in [5.74, 6) is 0.802. The maximum Gasteiger partial charge on any atom is 0.0704 e. The van der Waals surface area contributed by atoms with E-state index in [0.29, 0.717) is 11.5 Å². The van der Waals surface area contributed by atoms with Gasteiger partial charge in [-0.05, 0) is 54.8 Å². The molecule has 1 aliphatic carbocycles. The van der Waals surface area contributed by atoms with Crippen molar-refractivity contribution in [2.75, 3.05) is 6.54 Å². The molecule has 1 saturated carbocycles. The Labute approximate surface area is 128 Å². The lowest BCUT2D eigenvalue weighted by Crippen LogP contribution is -2.35. The van der Waals surface area contributed by atoms with Crippen LogP contribution in [-0.2, 0) is 6.42 Å². The van der Waals surface area contributed by atoms with Gasteiger partial charge in [-0.3, -0.25) is 4.98 Å². The van der Waals surface area contributed by atoms with Gasteiger partial charge in [0, 0.05) is 17.6 Å². The highest BCUT2D eigenvalue weighted by atomic mass is 14.9. The van der Waals surface area contributed by atoms with E-state index < -0.39 is 0 Å². The summed E-state index contributed by atoms with van der Waals surface area (Å²) < 4.78 is 0. The predicted molar refractivity (Wildman–Crippen MR) is 89.4 cm³/mol. The van der Waals surface area contributed by atoms with Crippen LogP contribution in [0.1, 0.15) is 39.2 Å². The van der Waals surface area contributed by atoms with Crippen molar-refractivity contribution in [2.45, 2.75) is 46.1 Å². The number of pyridine rings is 1. The van der Waals surface area contributed by atoms with Gasteiger partial charge in [-0.15, -0.1) is 0 Å². The molecule has 21 heavy (non-hydrogen) atoms. The van der Waals surface area contributed by atoms with E-state index in [-0.39, 0.29) is 0 Å². The summed E-state index contributed by atoms with van der Waals surface area (Å²) in [5.41, 5.74) is 3.05. The lowest BCUT2D eigenvalue weighted by Gasteiger charge is -2.21. The number of nitrogens with zero attached hydrogens (tertiary/aromatic N) is 1. The Kier molecular flexibility index (Phi) is 3.99. The third-order valence-electron chi connectivity index (χ3n) is 4.91. The van der Waals surface area contributed by atoms with Crippen LogP contribution in [0.15, 0.2) is 36.5 Å². The third-order valence-corrected chi connectivity index (χ3v) is 4.91. The van der Waals surface area contributed by atoms with Crippen molar-refractivity contribution in [1.82, 2.24) is 10.3 Å². The fourth-order valence-corrected chi connectivity index (χ4v) is 3.45. The van der Waals surface area contributed by atoms with Gasteiger partial charge < -0.3 is 5.32 Å². The molecule has 0 radical (unpaired) electrons. The number of aromatic nitrogens is 1. The highest BCUT2D eigenvalue weighted by Gasteiger charge is 2.49. The molecule has 0 bridgehead atoms. The van der Waals surface area contributed by atoms with Gasteiger partial charge in [0.15, 0.2) is 0 Å². The number of rotatable bonds is 6. The molecule has 1 heterocycles. The van der Waals surface area contributed by atoms with Gasteiger partial charge in [0.1, 0.15) is 0 Å². The molecule has 3 rings (SSSR count). The van der Waals surface area contributed by atoms with Crippen molar-refractivity contribution in [3.8, 4) is 0 Å². The Morgan fingerprint density at radius 3 is 2.76 bits per heavy atom. The first-order valence-electron chi connectivity index (χ1n) is 8.18. The molecule has 2 atom stereocenters. The monoisotopic (exact) mass is 282 g/mol. The number of benzene rings is 1. The maximum absolute atomic E-state index is 4.48. The van der Waals surface area contributed by atoms with Crippen molar-refractivity contribution >= 4 is 10.9 Å². The molecule has 0 aliphatic heterocycles. The van der Waals surface area contributed by atoms with E-state index in [0.717, 1.165) is 24.4 Å². The zero-order chi connectivity index (χ0) is 14.9. The second kappa shape index (κ2) is 5.76. The van der Waals surface area contributed by atoms with Gasteiger partial charge in [0.25, 0.3) is 0 Å². The Bertz CT molecular complexity index is 612. The fraction of sp³-hybridized carbons (Fsp3) is 0.526. The van der Waals surface area contributed by atoms with Gasteiger partial charge >= 0.3 is 0 Å². The van der Waals surface area contributed by atoms with Crippen LogP contribution in [-0.4, -0.2) is 17.6 Å². The average molecular weight is 282 g/mol. The molecule has 0 saturated heterocycles. The van der Waals surface area contributed by atoms with Gasteiger partial charge in [0.2, 0.25) is 0 Å². The quantitative estimate of drug-likeness (QED) is 0.859. The molecule has 2 heteroatoms. The van der Waals surface area contributed by atoms with E-state index in [9.17, 15) is 0 Å². The minimum Gasteiger partial charge on any atom is -0.313 e. The van der Waals surface area contributed by atoms with Crippen molar-refractivity contribution in [2.24, 2.45) is 11.3 Å². The Morgan fingerprint density at radius 1 is 1.29 bits per heavy atom. The molecule has 0 amide bonds. The van der Waals surface area contributed by atoms with Crippen LogP contribution in [0.3, 0.4) is 0 Å². The average Bonchev–Trinajstić information content (AvgIpc) is 3.12. The van der Waals surface area contributed by atoms with E-state index in [1.807, 2.05) is 6.20 Å². The summed E-state index contributed by atoms with van der Waals surface area (Å²) in [6.45, 7) is 8.14. The van der Waals surface area contributed by atoms with Crippen LogP contribution >= 0.6 is 0 Å². The van der Waals surface area contributed by atoms with Crippen LogP contribution in [0, 0.1) is 11.3 Å². The highest BCUT2D eigenvalue weighted by Crippen LogP contribution is 2.54. The molecule has 2 aromatic rings. The maximum atomic E-state index is 4.48. The Hall–Kier alpha value is -1.41. The SMILES string of the molecule is CCCNC(Cc1ccnc2ccccc12)C1CC1(C)C. The van der Waals surface area contributed by atoms with Crippen molar-refractivity contribution in [3.63, 3.8) is 0 Å². The summed E-state index contributed by atoms with van der Waals surface area (Å²) in [4.78, 5) is 4.48. The smallest absolute Gasteiger partial charge is 0.0704 e. The largest absolute Gasteiger partial charge is 0.313 e. The van der Waals surface area contributed by atoms with Crippen molar-refractivity contribution < 1.29 is 0 Å². The molecule has 0 spiro atoms. The number of para-hydroxylation sites is 1. The molecule has 1 aromatic heterocycles. The Morgan fingerprint density at radius 2 is 2.05 bits per heavy atom. The van der Waals surface area contributed by atoms with Crippen LogP contribution in [0.4, 0.5) is 0 Å². The lowest BCUT2D eigenvalue weighted by atomic mass is 9.95. The lowest BCUT2D eigenvalue weighted by molar-refractivity contribution is 0.403. The summed E-state index contributed by atoms with van der Waals surface area (Å²) >= 11 is 0. The second-order valence-electron chi connectivity index (χ2n) is 7.05. The molecular formula is C19H26N2. The van der Waals surface area contributed by atoms with Gasteiger partial charge in [-0.2, -0.15) is 0 Å². The van der Waals surface area contributed by atoms with E-state index >= 15 is 0 Å². The van der Waals surface area contributed by atoms with Gasteiger partial charge in [-0.1, -0.05) is 39.0 Å². The van der Waals surface area contributed by atoms with E-state index in [2.05, 4.69) is 61.4 Å². The standard InChI is InChI=1S/C19H26N2/c1-4-10-20-18(16-13-19(16,2)3)12-14-9-11-21-17-8-6-5-7-15(14)17/h5-9,11,16,18,20H,4,10,12-13H2,1-3H3. The van der Waals surface area contributed by atoms with Crippen molar-refractivity contribution in [3.05, 3.63) is 42.1 Å². The first-order valence-corrected chi connectivity index (χ1v) is 8.18. The topological polar surface area (TPSA) is 24.9 Å². The zero-order valence-electron chi connectivity index (χ0n) is 13.4. The van der Waals surface area contributed by atoms with Crippen LogP contribution in [0.5, 0.6) is 0 Å². The Balaban J connectivity index is 1.84. The van der Waals surface area contributed by atoms with Crippen LogP contribution in [0.25, 0.3) is 10.9 Å². The van der Waals surface area contributed by atoms with E-state index in [1.165, 1.54) is 23.8 Å². The second-order valence-corrected chi connectivity index (χ2v) is 7.05. The molecule has 1 fully saturated rings. The number of hydrogen-bond donors (Lipinski definition) is 1. The first-order chi connectivity index (χ1) is 10.1. The van der Waals surface area contributed by atoms with Gasteiger partial charge in [-0.25, -0.2) is 0 Å². The van der Waals surface area contributed by atoms with Gasteiger partial charge in [0.05, 0.1) is 5.52 Å². The molecule has 1 N–H and O–H groups in total. The molecule has 2 nitrogen and oxygen atoms in total. The normalized spacial score (nSPS) is 21.4. The summed E-state index contributed by atoms with van der Waals surface area (Å²) in [6.07, 6.45) is 5.60. The highest BCUT2D eigenvalue weighted by molar-refractivity contribution is 5.81.